The molecule has 0 N–H and O–H groups in total. The molecule has 1 heterocycles. The van der Waals surface area contributed by atoms with E-state index in [-0.39, 0.29) is 10.6 Å². The van der Waals surface area contributed by atoms with E-state index in [0.29, 0.717) is 0 Å². The third kappa shape index (κ3) is 3.54. The van der Waals surface area contributed by atoms with Gasteiger partial charge in [-0.25, -0.2) is 0 Å². The maximum absolute atomic E-state index is 10.6. The molecule has 0 saturated heterocycles. The number of likely N-dealkylation sites (N-methyl/N-ethyl adjacent to an activating group) is 1. The van der Waals surface area contributed by atoms with Crippen molar-refractivity contribution in [3.8, 4) is 0 Å². The maximum atomic E-state index is 10.6. The molecule has 2 aromatic rings. The van der Waals surface area contributed by atoms with E-state index in [2.05, 4.69) is 16.0 Å². The number of anilines is 1. The van der Waals surface area contributed by atoms with Gasteiger partial charge in [-0.15, -0.1) is 0 Å². The van der Waals surface area contributed by atoms with Crippen LogP contribution in [0.1, 0.15) is 11.3 Å². The Labute approximate surface area is 118 Å². The Morgan fingerprint density at radius 1 is 1.20 bits per heavy atom. The van der Waals surface area contributed by atoms with Crippen molar-refractivity contribution in [2.24, 2.45) is 0 Å². The van der Waals surface area contributed by atoms with Crippen molar-refractivity contribution in [2.45, 2.75) is 13.3 Å². The van der Waals surface area contributed by atoms with Gasteiger partial charge in [0.15, 0.2) is 0 Å². The Hall–Kier alpha value is -2.43. The molecule has 2 rings (SSSR count). The minimum absolute atomic E-state index is 0.116. The topological polar surface area (TPSA) is 59.3 Å². The van der Waals surface area contributed by atoms with Crippen molar-refractivity contribution < 1.29 is 4.92 Å². The summed E-state index contributed by atoms with van der Waals surface area (Å²) in [6.45, 7) is 2.80. The van der Waals surface area contributed by atoms with Crippen LogP contribution in [-0.4, -0.2) is 23.5 Å². The monoisotopic (exact) mass is 271 g/mol. The van der Waals surface area contributed by atoms with E-state index in [9.17, 15) is 10.1 Å². The lowest BCUT2D eigenvalue weighted by Gasteiger charge is -2.19. The number of nitro groups is 1. The molecule has 1 aromatic carbocycles. The number of nitro benzene ring substituents is 1. The largest absolute Gasteiger partial charge is 0.374 e. The average Bonchev–Trinajstić information content (AvgIpc) is 2.46. The first-order valence-corrected chi connectivity index (χ1v) is 6.43. The first kappa shape index (κ1) is 14.0. The van der Waals surface area contributed by atoms with E-state index < -0.39 is 0 Å². The molecule has 0 atom stereocenters. The molecule has 104 valence electrons. The number of benzene rings is 1. The number of nitrogens with zero attached hydrogens (tertiary/aromatic N) is 3. The van der Waals surface area contributed by atoms with Crippen LogP contribution < -0.4 is 4.90 Å². The number of non-ortho nitro benzene ring substituents is 1. The second kappa shape index (κ2) is 6.14. The van der Waals surface area contributed by atoms with Crippen LogP contribution in [0.4, 0.5) is 11.4 Å². The second-order valence-corrected chi connectivity index (χ2v) is 4.75. The number of aromatic nitrogens is 1. The molecule has 0 aliphatic heterocycles. The van der Waals surface area contributed by atoms with Crippen molar-refractivity contribution in [2.75, 3.05) is 18.5 Å². The molecule has 5 heteroatoms. The molecule has 0 unspecified atom stereocenters. The summed E-state index contributed by atoms with van der Waals surface area (Å²) in [5, 5.41) is 10.6. The summed E-state index contributed by atoms with van der Waals surface area (Å²) in [4.78, 5) is 16.6. The van der Waals surface area contributed by atoms with Gasteiger partial charge >= 0.3 is 0 Å². The second-order valence-electron chi connectivity index (χ2n) is 4.75. The predicted molar refractivity (Wildman–Crippen MR) is 79.0 cm³/mol. The lowest BCUT2D eigenvalue weighted by Crippen LogP contribution is -2.20. The Balaban J connectivity index is 1.95. The molecule has 0 saturated carbocycles. The van der Waals surface area contributed by atoms with Crippen molar-refractivity contribution in [1.82, 2.24) is 4.98 Å². The molecule has 0 fully saturated rings. The molecule has 0 bridgehead atoms. The van der Waals surface area contributed by atoms with Crippen molar-refractivity contribution in [3.05, 3.63) is 64.0 Å². The fourth-order valence-corrected chi connectivity index (χ4v) is 1.90. The van der Waals surface area contributed by atoms with E-state index in [1.54, 1.807) is 12.1 Å². The van der Waals surface area contributed by atoms with Gasteiger partial charge in [0.25, 0.3) is 5.69 Å². The Morgan fingerprint density at radius 2 is 1.90 bits per heavy atom. The number of hydrogen-bond acceptors (Lipinski definition) is 4. The van der Waals surface area contributed by atoms with Crippen LogP contribution in [0.5, 0.6) is 0 Å². The molecule has 1 aromatic heterocycles. The van der Waals surface area contributed by atoms with Crippen LogP contribution in [0.3, 0.4) is 0 Å². The van der Waals surface area contributed by atoms with Gasteiger partial charge in [-0.1, -0.05) is 6.07 Å². The highest BCUT2D eigenvalue weighted by Crippen LogP contribution is 2.18. The quantitative estimate of drug-likeness (QED) is 0.619. The summed E-state index contributed by atoms with van der Waals surface area (Å²) in [7, 11) is 1.97. The minimum atomic E-state index is -0.387. The van der Waals surface area contributed by atoms with E-state index in [0.717, 1.165) is 24.3 Å². The van der Waals surface area contributed by atoms with Crippen LogP contribution in [0.2, 0.25) is 0 Å². The van der Waals surface area contributed by atoms with Gasteiger partial charge in [-0.3, -0.25) is 15.1 Å². The van der Waals surface area contributed by atoms with Gasteiger partial charge in [0.1, 0.15) is 0 Å². The maximum Gasteiger partial charge on any atom is 0.269 e. The van der Waals surface area contributed by atoms with Crippen molar-refractivity contribution in [3.63, 3.8) is 0 Å². The van der Waals surface area contributed by atoms with Gasteiger partial charge in [-0.05, 0) is 37.1 Å². The third-order valence-electron chi connectivity index (χ3n) is 3.21. The fraction of sp³-hybridized carbons (Fsp3) is 0.267. The lowest BCUT2D eigenvalue weighted by molar-refractivity contribution is -0.384. The van der Waals surface area contributed by atoms with Gasteiger partial charge < -0.3 is 4.90 Å². The summed E-state index contributed by atoms with van der Waals surface area (Å²) < 4.78 is 0. The normalized spacial score (nSPS) is 10.3. The highest BCUT2D eigenvalue weighted by atomic mass is 16.6. The zero-order valence-corrected chi connectivity index (χ0v) is 11.6. The summed E-state index contributed by atoms with van der Waals surface area (Å²) in [6.07, 6.45) is 2.78. The summed E-state index contributed by atoms with van der Waals surface area (Å²) in [5.74, 6) is 0. The molecular weight excluding hydrogens is 254 g/mol. The van der Waals surface area contributed by atoms with Crippen molar-refractivity contribution >= 4 is 11.4 Å². The fourth-order valence-electron chi connectivity index (χ4n) is 1.90. The summed E-state index contributed by atoms with van der Waals surface area (Å²) >= 11 is 0. The van der Waals surface area contributed by atoms with Gasteiger partial charge in [0, 0.05) is 43.3 Å². The van der Waals surface area contributed by atoms with Crippen LogP contribution in [0, 0.1) is 17.0 Å². The van der Waals surface area contributed by atoms with Gasteiger partial charge in [-0.2, -0.15) is 0 Å². The Morgan fingerprint density at radius 3 is 2.45 bits per heavy atom. The Bertz CT molecular complexity index is 579. The molecule has 5 nitrogen and oxygen atoms in total. The van der Waals surface area contributed by atoms with E-state index >= 15 is 0 Å². The zero-order chi connectivity index (χ0) is 14.5. The van der Waals surface area contributed by atoms with Crippen LogP contribution in [0.25, 0.3) is 0 Å². The minimum Gasteiger partial charge on any atom is -0.374 e. The highest BCUT2D eigenvalue weighted by molar-refractivity contribution is 5.50. The van der Waals surface area contributed by atoms with E-state index in [4.69, 9.17) is 0 Å². The number of aryl methyl sites for hydroxylation is 1. The lowest BCUT2D eigenvalue weighted by atomic mass is 10.2. The zero-order valence-electron chi connectivity index (χ0n) is 11.6. The molecule has 20 heavy (non-hydrogen) atoms. The van der Waals surface area contributed by atoms with Crippen LogP contribution >= 0.6 is 0 Å². The molecule has 0 aliphatic rings. The van der Waals surface area contributed by atoms with Crippen LogP contribution in [-0.2, 0) is 6.42 Å². The van der Waals surface area contributed by atoms with Crippen LogP contribution in [0.15, 0.2) is 42.6 Å². The molecule has 0 aliphatic carbocycles. The van der Waals surface area contributed by atoms with E-state index in [1.165, 1.54) is 17.7 Å². The third-order valence-corrected chi connectivity index (χ3v) is 3.21. The van der Waals surface area contributed by atoms with Crippen molar-refractivity contribution in [1.29, 1.82) is 0 Å². The average molecular weight is 271 g/mol. The van der Waals surface area contributed by atoms with Gasteiger partial charge in [0.2, 0.25) is 0 Å². The number of pyridine rings is 1. The molecular formula is C15H17N3O2. The standard InChI is InChI=1S/C15H17N3O2/c1-12-3-4-13(11-16-12)9-10-17(2)14-5-7-15(8-6-14)18(19)20/h3-8,11H,9-10H2,1-2H3. The van der Waals surface area contributed by atoms with Gasteiger partial charge in [0.05, 0.1) is 4.92 Å². The predicted octanol–water partition coefficient (Wildman–Crippen LogP) is 2.98. The molecule has 0 radical (unpaired) electrons. The summed E-state index contributed by atoms with van der Waals surface area (Å²) in [6, 6.07) is 10.7. The first-order valence-electron chi connectivity index (χ1n) is 6.43. The molecule has 0 amide bonds. The molecule has 0 spiro atoms. The number of rotatable bonds is 5. The number of hydrogen-bond donors (Lipinski definition) is 0. The highest BCUT2D eigenvalue weighted by Gasteiger charge is 2.06. The first-order chi connectivity index (χ1) is 9.56. The van der Waals surface area contributed by atoms with E-state index in [1.807, 2.05) is 26.2 Å². The smallest absolute Gasteiger partial charge is 0.269 e. The summed E-state index contributed by atoms with van der Waals surface area (Å²) in [5.41, 5.74) is 3.28. The Kier molecular flexibility index (Phi) is 4.30. The SMILES string of the molecule is Cc1ccc(CCN(C)c2ccc([N+](=O)[O-])cc2)cn1.